The molecule has 16 heavy (non-hydrogen) atoms. The molecule has 0 fully saturated rings. The average molecular weight is 229 g/mol. The molecular weight excluding hydrogens is 215 g/mol. The van der Waals surface area contributed by atoms with E-state index in [1.54, 1.807) is 0 Å². The van der Waals surface area contributed by atoms with Gasteiger partial charge in [-0.05, 0) is 18.9 Å². The minimum atomic E-state index is -1.48. The van der Waals surface area contributed by atoms with Gasteiger partial charge in [0, 0.05) is 11.6 Å². The highest BCUT2D eigenvalue weighted by molar-refractivity contribution is 5.24. The second-order valence-corrected chi connectivity index (χ2v) is 3.68. The fourth-order valence-corrected chi connectivity index (χ4v) is 1.39. The Kier molecular flexibility index (Phi) is 4.12. The molecule has 0 saturated heterocycles. The molecule has 0 aliphatic heterocycles. The van der Waals surface area contributed by atoms with Crippen LogP contribution in [0.1, 0.15) is 31.4 Å². The van der Waals surface area contributed by atoms with E-state index in [1.165, 1.54) is 6.07 Å². The summed E-state index contributed by atoms with van der Waals surface area (Å²) in [5.74, 6) is -3.89. The topological polar surface area (TPSA) is 26.0 Å². The van der Waals surface area contributed by atoms with Crippen LogP contribution >= 0.6 is 0 Å². The molecule has 0 radical (unpaired) electrons. The standard InChI is InChI=1S/C12H14F3N/c1-3-7(2)6-10(16)8-4-5-9(13)12(15)11(8)14/h4-5,10H,2-3,6,16H2,1H3. The van der Waals surface area contributed by atoms with Gasteiger partial charge in [0.05, 0.1) is 0 Å². The molecule has 0 amide bonds. The van der Waals surface area contributed by atoms with E-state index in [0.29, 0.717) is 6.42 Å². The number of hydrogen-bond donors (Lipinski definition) is 1. The molecule has 2 N–H and O–H groups in total. The van der Waals surface area contributed by atoms with E-state index in [1.807, 2.05) is 6.92 Å². The van der Waals surface area contributed by atoms with Crippen molar-refractivity contribution in [1.29, 1.82) is 0 Å². The first-order chi connectivity index (χ1) is 7.47. The third-order valence-electron chi connectivity index (χ3n) is 2.47. The molecule has 0 saturated carbocycles. The van der Waals surface area contributed by atoms with Crippen molar-refractivity contribution >= 4 is 0 Å². The van der Waals surface area contributed by atoms with Gasteiger partial charge in [0.2, 0.25) is 0 Å². The molecule has 1 aromatic rings. The predicted octanol–water partition coefficient (Wildman–Crippen LogP) is 3.46. The molecule has 1 atom stereocenters. The summed E-state index contributed by atoms with van der Waals surface area (Å²) in [6.07, 6.45) is 1.08. The Morgan fingerprint density at radius 2 is 1.94 bits per heavy atom. The van der Waals surface area contributed by atoms with Gasteiger partial charge in [0.1, 0.15) is 0 Å². The van der Waals surface area contributed by atoms with Gasteiger partial charge in [0.15, 0.2) is 17.5 Å². The van der Waals surface area contributed by atoms with E-state index in [2.05, 4.69) is 6.58 Å². The first-order valence-electron chi connectivity index (χ1n) is 5.03. The Hall–Kier alpha value is -1.29. The zero-order valence-corrected chi connectivity index (χ0v) is 9.06. The maximum Gasteiger partial charge on any atom is 0.194 e. The third-order valence-corrected chi connectivity index (χ3v) is 2.47. The molecule has 1 unspecified atom stereocenters. The van der Waals surface area contributed by atoms with Gasteiger partial charge in [-0.3, -0.25) is 0 Å². The first kappa shape index (κ1) is 12.8. The number of hydrogen-bond acceptors (Lipinski definition) is 1. The molecule has 1 aromatic carbocycles. The van der Waals surface area contributed by atoms with E-state index in [-0.39, 0.29) is 5.56 Å². The zero-order valence-electron chi connectivity index (χ0n) is 9.06. The fourth-order valence-electron chi connectivity index (χ4n) is 1.39. The Morgan fingerprint density at radius 3 is 2.50 bits per heavy atom. The summed E-state index contributed by atoms with van der Waals surface area (Å²) in [5, 5.41) is 0. The van der Waals surface area contributed by atoms with Crippen LogP contribution < -0.4 is 5.73 Å². The van der Waals surface area contributed by atoms with E-state index in [0.717, 1.165) is 18.1 Å². The average Bonchev–Trinajstić information content (AvgIpc) is 2.25. The van der Waals surface area contributed by atoms with Crippen LogP contribution in [0.15, 0.2) is 24.3 Å². The van der Waals surface area contributed by atoms with Crippen LogP contribution in [-0.2, 0) is 0 Å². The van der Waals surface area contributed by atoms with Crippen LogP contribution in [-0.4, -0.2) is 0 Å². The minimum absolute atomic E-state index is 0.0199. The van der Waals surface area contributed by atoms with Crippen molar-refractivity contribution in [2.45, 2.75) is 25.8 Å². The Bertz CT molecular complexity index is 401. The highest BCUT2D eigenvalue weighted by Gasteiger charge is 2.18. The van der Waals surface area contributed by atoms with Crippen LogP contribution in [0.25, 0.3) is 0 Å². The number of rotatable bonds is 4. The van der Waals surface area contributed by atoms with Crippen molar-refractivity contribution < 1.29 is 13.2 Å². The summed E-state index contributed by atoms with van der Waals surface area (Å²) in [4.78, 5) is 0. The summed E-state index contributed by atoms with van der Waals surface area (Å²) in [5.41, 5.74) is 6.53. The van der Waals surface area contributed by atoms with Crippen molar-refractivity contribution in [2.24, 2.45) is 5.73 Å². The van der Waals surface area contributed by atoms with Gasteiger partial charge in [0.25, 0.3) is 0 Å². The maximum atomic E-state index is 13.3. The van der Waals surface area contributed by atoms with Crippen molar-refractivity contribution in [3.05, 3.63) is 47.3 Å². The van der Waals surface area contributed by atoms with Gasteiger partial charge < -0.3 is 5.73 Å². The SMILES string of the molecule is C=C(CC)CC(N)c1ccc(F)c(F)c1F. The monoisotopic (exact) mass is 229 g/mol. The van der Waals surface area contributed by atoms with E-state index < -0.39 is 23.5 Å². The van der Waals surface area contributed by atoms with Gasteiger partial charge >= 0.3 is 0 Å². The smallest absolute Gasteiger partial charge is 0.194 e. The maximum absolute atomic E-state index is 13.3. The molecule has 0 aliphatic rings. The molecule has 0 heterocycles. The van der Waals surface area contributed by atoms with Crippen molar-refractivity contribution in [1.82, 2.24) is 0 Å². The van der Waals surface area contributed by atoms with E-state index in [4.69, 9.17) is 5.73 Å². The predicted molar refractivity (Wildman–Crippen MR) is 57.3 cm³/mol. The summed E-state index contributed by atoms with van der Waals surface area (Å²) >= 11 is 0. The van der Waals surface area contributed by atoms with E-state index in [9.17, 15) is 13.2 Å². The van der Waals surface area contributed by atoms with Crippen LogP contribution in [0.2, 0.25) is 0 Å². The van der Waals surface area contributed by atoms with Gasteiger partial charge in [-0.1, -0.05) is 25.1 Å². The molecule has 0 aliphatic carbocycles. The molecule has 0 spiro atoms. The molecular formula is C12H14F3N. The van der Waals surface area contributed by atoms with Crippen LogP contribution in [0.4, 0.5) is 13.2 Å². The largest absolute Gasteiger partial charge is 0.324 e. The third kappa shape index (κ3) is 2.64. The summed E-state index contributed by atoms with van der Waals surface area (Å²) in [6, 6.07) is 1.35. The lowest BCUT2D eigenvalue weighted by Gasteiger charge is -2.14. The summed E-state index contributed by atoms with van der Waals surface area (Å²) < 4.78 is 39.0. The quantitative estimate of drug-likeness (QED) is 0.621. The van der Waals surface area contributed by atoms with Gasteiger partial charge in [-0.2, -0.15) is 0 Å². The Labute approximate surface area is 92.8 Å². The molecule has 88 valence electrons. The first-order valence-corrected chi connectivity index (χ1v) is 5.03. The molecule has 0 aromatic heterocycles. The van der Waals surface area contributed by atoms with Crippen molar-refractivity contribution in [3.63, 3.8) is 0 Å². The fraction of sp³-hybridized carbons (Fsp3) is 0.333. The van der Waals surface area contributed by atoms with Crippen LogP contribution in [0.3, 0.4) is 0 Å². The second kappa shape index (κ2) is 5.16. The van der Waals surface area contributed by atoms with E-state index >= 15 is 0 Å². The summed E-state index contributed by atoms with van der Waals surface area (Å²) in [6.45, 7) is 5.64. The molecule has 0 bridgehead atoms. The highest BCUT2D eigenvalue weighted by Crippen LogP contribution is 2.24. The lowest BCUT2D eigenvalue weighted by molar-refractivity contribution is 0.435. The number of nitrogens with two attached hydrogens (primary N) is 1. The number of halogens is 3. The lowest BCUT2D eigenvalue weighted by atomic mass is 9.98. The molecule has 1 nitrogen and oxygen atoms in total. The molecule has 4 heteroatoms. The summed E-state index contributed by atoms with van der Waals surface area (Å²) in [7, 11) is 0. The Balaban J connectivity index is 2.96. The Morgan fingerprint density at radius 1 is 1.31 bits per heavy atom. The number of benzene rings is 1. The lowest BCUT2D eigenvalue weighted by Crippen LogP contribution is -2.14. The van der Waals surface area contributed by atoms with Gasteiger partial charge in [-0.25, -0.2) is 13.2 Å². The van der Waals surface area contributed by atoms with Crippen molar-refractivity contribution in [2.75, 3.05) is 0 Å². The van der Waals surface area contributed by atoms with Crippen molar-refractivity contribution in [3.8, 4) is 0 Å². The second-order valence-electron chi connectivity index (χ2n) is 3.68. The van der Waals surface area contributed by atoms with Gasteiger partial charge in [-0.15, -0.1) is 0 Å². The van der Waals surface area contributed by atoms with Crippen LogP contribution in [0, 0.1) is 17.5 Å². The zero-order chi connectivity index (χ0) is 12.3. The normalized spacial score (nSPS) is 12.6. The van der Waals surface area contributed by atoms with Crippen LogP contribution in [0.5, 0.6) is 0 Å². The minimum Gasteiger partial charge on any atom is -0.324 e. The molecule has 1 rings (SSSR count). The highest BCUT2D eigenvalue weighted by atomic mass is 19.2.